The summed E-state index contributed by atoms with van der Waals surface area (Å²) in [5, 5.41) is 10.6. The quantitative estimate of drug-likeness (QED) is 0.290. The molecule has 3 aliphatic heterocycles. The Labute approximate surface area is 257 Å². The van der Waals surface area contributed by atoms with E-state index in [2.05, 4.69) is 20.1 Å². The van der Waals surface area contributed by atoms with Gasteiger partial charge in [-0.1, -0.05) is 64.5 Å². The van der Waals surface area contributed by atoms with E-state index in [9.17, 15) is 19.5 Å². The van der Waals surface area contributed by atoms with Crippen molar-refractivity contribution in [2.24, 2.45) is 17.8 Å². The van der Waals surface area contributed by atoms with E-state index in [0.717, 1.165) is 18.5 Å². The van der Waals surface area contributed by atoms with E-state index in [1.807, 2.05) is 58.0 Å². The fraction of sp³-hybridized carbons (Fsp3) is 0.629. The van der Waals surface area contributed by atoms with Crippen LogP contribution < -0.4 is 4.90 Å². The van der Waals surface area contributed by atoms with Crippen LogP contribution in [0.3, 0.4) is 0 Å². The highest BCUT2D eigenvalue weighted by Crippen LogP contribution is 2.65. The lowest BCUT2D eigenvalue weighted by Gasteiger charge is -2.41. The minimum atomic E-state index is -1.16. The fourth-order valence-corrected chi connectivity index (χ4v) is 8.11. The number of benzene rings is 1. The van der Waals surface area contributed by atoms with E-state index in [1.54, 1.807) is 26.9 Å². The lowest BCUT2D eigenvalue weighted by Crippen LogP contribution is -2.60. The van der Waals surface area contributed by atoms with Gasteiger partial charge in [0.2, 0.25) is 17.7 Å². The van der Waals surface area contributed by atoms with Gasteiger partial charge < -0.3 is 24.5 Å². The summed E-state index contributed by atoms with van der Waals surface area (Å²) >= 11 is 0. The van der Waals surface area contributed by atoms with Crippen molar-refractivity contribution in [3.05, 3.63) is 55.6 Å². The Kier molecular flexibility index (Phi) is 10.2. The molecule has 3 aliphatic rings. The van der Waals surface area contributed by atoms with E-state index in [-0.39, 0.29) is 42.8 Å². The summed E-state index contributed by atoms with van der Waals surface area (Å²) in [5.74, 6) is -2.05. The first kappa shape index (κ1) is 32.9. The average Bonchev–Trinajstić information content (AvgIpc) is 3.60. The SMILES string of the molecule is C=CCN(C(=O)[C@@H]1[C@H]2C(=O)N([C@@H](CO)CC(C)C)C(C(=O)N(CC=C)C(C)CCC)C23CC[C@@]1(CC)O3)c1ccccc1. The van der Waals surface area contributed by atoms with Crippen LogP contribution in [-0.4, -0.2) is 81.7 Å². The molecule has 43 heavy (non-hydrogen) atoms. The van der Waals surface area contributed by atoms with Gasteiger partial charge in [0.1, 0.15) is 11.6 Å². The molecule has 1 N–H and O–H groups in total. The Morgan fingerprint density at radius 2 is 1.77 bits per heavy atom. The molecule has 1 aromatic carbocycles. The minimum Gasteiger partial charge on any atom is -0.394 e. The molecule has 3 amide bonds. The summed E-state index contributed by atoms with van der Waals surface area (Å²) in [5.41, 5.74) is -1.29. The summed E-state index contributed by atoms with van der Waals surface area (Å²) in [6.45, 7) is 18.4. The third-order valence-electron chi connectivity index (χ3n) is 9.96. The average molecular weight is 594 g/mol. The highest BCUT2D eigenvalue weighted by Gasteiger charge is 2.79. The van der Waals surface area contributed by atoms with Crippen molar-refractivity contribution in [3.8, 4) is 0 Å². The van der Waals surface area contributed by atoms with Crippen LogP contribution in [0.25, 0.3) is 0 Å². The summed E-state index contributed by atoms with van der Waals surface area (Å²) in [4.78, 5) is 49.4. The van der Waals surface area contributed by atoms with Gasteiger partial charge in [-0.05, 0) is 57.1 Å². The zero-order chi connectivity index (χ0) is 31.5. The van der Waals surface area contributed by atoms with Crippen molar-refractivity contribution in [3.63, 3.8) is 0 Å². The second-order valence-corrected chi connectivity index (χ2v) is 13.0. The molecule has 4 rings (SSSR count). The number of fused-ring (bicyclic) bond motifs is 1. The number of para-hydroxylation sites is 1. The van der Waals surface area contributed by atoms with E-state index in [0.29, 0.717) is 32.2 Å². The maximum atomic E-state index is 14.8. The van der Waals surface area contributed by atoms with Crippen LogP contribution in [-0.2, 0) is 19.1 Å². The molecule has 0 radical (unpaired) electrons. The Morgan fingerprint density at radius 3 is 2.33 bits per heavy atom. The van der Waals surface area contributed by atoms with E-state index in [4.69, 9.17) is 4.74 Å². The van der Waals surface area contributed by atoms with E-state index >= 15 is 0 Å². The maximum absolute atomic E-state index is 14.8. The molecule has 2 bridgehead atoms. The highest BCUT2D eigenvalue weighted by atomic mass is 16.5. The Hall–Kier alpha value is -2.97. The van der Waals surface area contributed by atoms with Gasteiger partial charge in [0.25, 0.3) is 0 Å². The predicted octanol–water partition coefficient (Wildman–Crippen LogP) is 4.97. The summed E-state index contributed by atoms with van der Waals surface area (Å²) in [6, 6.07) is 7.85. The minimum absolute atomic E-state index is 0.0714. The van der Waals surface area contributed by atoms with Crippen LogP contribution in [0.1, 0.15) is 73.1 Å². The molecule has 1 spiro atoms. The Bertz CT molecular complexity index is 1190. The molecule has 0 aromatic heterocycles. The molecule has 1 aromatic rings. The third-order valence-corrected chi connectivity index (χ3v) is 9.96. The molecular formula is C35H51N3O5. The number of nitrogens with zero attached hydrogens (tertiary/aromatic N) is 3. The van der Waals surface area contributed by atoms with Crippen molar-refractivity contribution in [1.82, 2.24) is 9.80 Å². The number of carbonyl (C=O) groups excluding carboxylic acids is 3. The Balaban J connectivity index is 1.87. The molecule has 8 heteroatoms. The third kappa shape index (κ3) is 5.57. The number of rotatable bonds is 15. The van der Waals surface area contributed by atoms with Crippen LogP contribution in [0.5, 0.6) is 0 Å². The van der Waals surface area contributed by atoms with Gasteiger partial charge in [0, 0.05) is 24.8 Å². The number of amides is 3. The normalized spacial score (nSPS) is 29.0. The van der Waals surface area contributed by atoms with Gasteiger partial charge in [0.05, 0.1) is 30.1 Å². The molecule has 0 aliphatic carbocycles. The predicted molar refractivity (Wildman–Crippen MR) is 169 cm³/mol. The number of aliphatic hydroxyl groups is 1. The lowest BCUT2D eigenvalue weighted by atomic mass is 9.64. The standard InChI is InChI=1S/C35H51N3O5/c1-8-15-25(7)36(20-9-2)33(42)30-35-19-18-34(11-4,43-35)28(29(35)32(41)38(30)27(23-39)22-24(5)6)31(40)37(21-10-3)26-16-13-12-14-17-26/h9-10,12-14,16-17,24-25,27-30,39H,2-3,8,11,15,18-23H2,1,4-7H3/t25?,27-,28+,29+,30?,34-,35?/m1/s1. The number of hydrogen-bond acceptors (Lipinski definition) is 5. The zero-order valence-electron chi connectivity index (χ0n) is 26.7. The van der Waals surface area contributed by atoms with Crippen LogP contribution in [0.2, 0.25) is 0 Å². The molecule has 3 heterocycles. The molecule has 7 atom stereocenters. The van der Waals surface area contributed by atoms with Crippen LogP contribution in [0.15, 0.2) is 55.6 Å². The van der Waals surface area contributed by atoms with Crippen molar-refractivity contribution in [1.29, 1.82) is 0 Å². The van der Waals surface area contributed by atoms with E-state index in [1.165, 1.54) is 0 Å². The maximum Gasteiger partial charge on any atom is 0.248 e. The first-order valence-electron chi connectivity index (χ1n) is 16.1. The number of likely N-dealkylation sites (tertiary alicyclic amines) is 1. The molecule has 3 fully saturated rings. The molecule has 236 valence electrons. The number of hydrogen-bond donors (Lipinski definition) is 1. The summed E-state index contributed by atoms with van der Waals surface area (Å²) < 4.78 is 7.03. The fourth-order valence-electron chi connectivity index (χ4n) is 8.11. The van der Waals surface area contributed by atoms with Gasteiger partial charge in [0.15, 0.2) is 0 Å². The molecule has 3 saturated heterocycles. The molecule has 3 unspecified atom stereocenters. The van der Waals surface area contributed by atoms with Crippen LogP contribution in [0.4, 0.5) is 5.69 Å². The number of carbonyl (C=O) groups is 3. The van der Waals surface area contributed by atoms with Crippen molar-refractivity contribution in [2.75, 3.05) is 24.6 Å². The van der Waals surface area contributed by atoms with Gasteiger partial charge in [-0.2, -0.15) is 0 Å². The molecular weight excluding hydrogens is 542 g/mol. The largest absolute Gasteiger partial charge is 0.394 e. The second-order valence-electron chi connectivity index (χ2n) is 13.0. The van der Waals surface area contributed by atoms with Gasteiger partial charge in [-0.25, -0.2) is 0 Å². The molecule has 8 nitrogen and oxygen atoms in total. The summed E-state index contributed by atoms with van der Waals surface area (Å²) in [7, 11) is 0. The van der Waals surface area contributed by atoms with Gasteiger partial charge in [-0.3, -0.25) is 14.4 Å². The zero-order valence-corrected chi connectivity index (χ0v) is 26.7. The van der Waals surface area contributed by atoms with Crippen molar-refractivity contribution in [2.45, 2.75) is 102 Å². The molecule has 0 saturated carbocycles. The first-order valence-corrected chi connectivity index (χ1v) is 16.1. The highest BCUT2D eigenvalue weighted by molar-refractivity contribution is 6.03. The van der Waals surface area contributed by atoms with Crippen molar-refractivity contribution < 1.29 is 24.2 Å². The topological polar surface area (TPSA) is 90.4 Å². The van der Waals surface area contributed by atoms with E-state index < -0.39 is 35.1 Å². The van der Waals surface area contributed by atoms with Gasteiger partial charge in [-0.15, -0.1) is 13.2 Å². The van der Waals surface area contributed by atoms with Crippen molar-refractivity contribution >= 4 is 23.4 Å². The first-order chi connectivity index (χ1) is 20.6. The smallest absolute Gasteiger partial charge is 0.248 e. The summed E-state index contributed by atoms with van der Waals surface area (Å²) in [6.07, 6.45) is 7.28. The van der Waals surface area contributed by atoms with Crippen LogP contribution >= 0.6 is 0 Å². The Morgan fingerprint density at radius 1 is 1.09 bits per heavy atom. The number of aliphatic hydroxyl groups excluding tert-OH is 1. The number of ether oxygens (including phenoxy) is 1. The monoisotopic (exact) mass is 593 g/mol. The van der Waals surface area contributed by atoms with Gasteiger partial charge >= 0.3 is 0 Å². The number of anilines is 1. The lowest BCUT2D eigenvalue weighted by molar-refractivity contribution is -0.157. The second kappa shape index (κ2) is 13.3. The van der Waals surface area contributed by atoms with Crippen LogP contribution in [0, 0.1) is 17.8 Å².